The minimum Gasteiger partial charge on any atom is -0.449 e. The van der Waals surface area contributed by atoms with Gasteiger partial charge in [0.1, 0.15) is 5.69 Å². The van der Waals surface area contributed by atoms with Crippen molar-refractivity contribution in [2.45, 2.75) is 12.8 Å². The molecular formula is C23H28N4O5. The van der Waals surface area contributed by atoms with Crippen LogP contribution in [0.5, 0.6) is 0 Å². The average Bonchev–Trinajstić information content (AvgIpc) is 2.84. The zero-order chi connectivity index (χ0) is 22.8. The number of ether oxygens (including phenoxy) is 2. The van der Waals surface area contributed by atoms with Crippen LogP contribution in [-0.4, -0.2) is 74.3 Å². The van der Waals surface area contributed by atoms with Gasteiger partial charge < -0.3 is 25.0 Å². The van der Waals surface area contributed by atoms with Crippen molar-refractivity contribution in [1.82, 2.24) is 20.5 Å². The predicted octanol–water partition coefficient (Wildman–Crippen LogP) is 1.62. The molecule has 9 heteroatoms. The lowest BCUT2D eigenvalue weighted by atomic mass is 10.1. The number of nitrogens with one attached hydrogen (secondary N) is 2. The lowest BCUT2D eigenvalue weighted by Gasteiger charge is -2.25. The summed E-state index contributed by atoms with van der Waals surface area (Å²) in [6, 6.07) is 12.9. The van der Waals surface area contributed by atoms with Crippen molar-refractivity contribution in [2.24, 2.45) is 0 Å². The van der Waals surface area contributed by atoms with E-state index in [1.165, 1.54) is 13.1 Å². The van der Waals surface area contributed by atoms with Crippen LogP contribution in [0.25, 0.3) is 0 Å². The molecule has 1 aliphatic heterocycles. The summed E-state index contributed by atoms with van der Waals surface area (Å²) in [5.41, 5.74) is 2.20. The molecule has 0 atom stereocenters. The molecule has 9 nitrogen and oxygen atoms in total. The number of aromatic nitrogens is 1. The van der Waals surface area contributed by atoms with Gasteiger partial charge in [-0.3, -0.25) is 9.59 Å². The summed E-state index contributed by atoms with van der Waals surface area (Å²) in [6.45, 7) is 2.62. The molecule has 1 aromatic heterocycles. The molecule has 3 amide bonds. The predicted molar refractivity (Wildman–Crippen MR) is 118 cm³/mol. The Hall–Kier alpha value is -3.46. The molecule has 1 fully saturated rings. The minimum atomic E-state index is -0.366. The van der Waals surface area contributed by atoms with Gasteiger partial charge in [0.05, 0.1) is 19.8 Å². The molecule has 1 aromatic carbocycles. The highest BCUT2D eigenvalue weighted by molar-refractivity contribution is 5.98. The number of amides is 3. The first-order valence-electron chi connectivity index (χ1n) is 10.6. The molecule has 170 valence electrons. The number of rotatable bonds is 8. The van der Waals surface area contributed by atoms with Crippen molar-refractivity contribution in [3.63, 3.8) is 0 Å². The van der Waals surface area contributed by atoms with Gasteiger partial charge in [-0.15, -0.1) is 0 Å². The zero-order valence-corrected chi connectivity index (χ0v) is 18.1. The van der Waals surface area contributed by atoms with Crippen molar-refractivity contribution in [1.29, 1.82) is 0 Å². The van der Waals surface area contributed by atoms with Gasteiger partial charge >= 0.3 is 6.09 Å². The third kappa shape index (κ3) is 6.78. The van der Waals surface area contributed by atoms with Crippen LogP contribution in [-0.2, 0) is 15.9 Å². The molecule has 2 N–H and O–H groups in total. The van der Waals surface area contributed by atoms with Crippen molar-refractivity contribution < 1.29 is 23.9 Å². The molecule has 1 aliphatic rings. The Labute approximate surface area is 187 Å². The SMILES string of the molecule is CNC(=O)c1cc(C(=O)NCCCOC(=O)N2CCOCC2)cc(Cc2ccccc2)n1. The third-order valence-corrected chi connectivity index (χ3v) is 4.93. The number of carbonyl (C=O) groups is 3. The highest BCUT2D eigenvalue weighted by Gasteiger charge is 2.18. The van der Waals surface area contributed by atoms with Crippen LogP contribution in [0.3, 0.4) is 0 Å². The fourth-order valence-electron chi connectivity index (χ4n) is 3.23. The highest BCUT2D eigenvalue weighted by atomic mass is 16.6. The molecule has 0 unspecified atom stereocenters. The smallest absolute Gasteiger partial charge is 0.409 e. The Bertz CT molecular complexity index is 929. The summed E-state index contributed by atoms with van der Waals surface area (Å²) in [5.74, 6) is -0.671. The normalized spacial score (nSPS) is 13.3. The second kappa shape index (κ2) is 11.8. The minimum absolute atomic E-state index is 0.186. The number of morpholine rings is 1. The molecule has 32 heavy (non-hydrogen) atoms. The number of carbonyl (C=O) groups excluding carboxylic acids is 3. The largest absolute Gasteiger partial charge is 0.449 e. The lowest BCUT2D eigenvalue weighted by molar-refractivity contribution is 0.0270. The molecule has 2 heterocycles. The van der Waals surface area contributed by atoms with E-state index < -0.39 is 0 Å². The van der Waals surface area contributed by atoms with E-state index >= 15 is 0 Å². The van der Waals surface area contributed by atoms with Gasteiger partial charge in [-0.1, -0.05) is 30.3 Å². The summed E-state index contributed by atoms with van der Waals surface area (Å²) in [7, 11) is 1.52. The van der Waals surface area contributed by atoms with Crippen molar-refractivity contribution >= 4 is 17.9 Å². The first-order chi connectivity index (χ1) is 15.6. The fourth-order valence-corrected chi connectivity index (χ4v) is 3.23. The molecule has 1 saturated heterocycles. The van der Waals surface area contributed by atoms with E-state index in [9.17, 15) is 14.4 Å². The van der Waals surface area contributed by atoms with Crippen LogP contribution in [0.2, 0.25) is 0 Å². The van der Waals surface area contributed by atoms with Crippen LogP contribution in [0.1, 0.15) is 38.5 Å². The Kier molecular flexibility index (Phi) is 8.56. The van der Waals surface area contributed by atoms with Crippen molar-refractivity contribution in [2.75, 3.05) is 46.5 Å². The topological polar surface area (TPSA) is 110 Å². The van der Waals surface area contributed by atoms with Crippen LogP contribution in [0, 0.1) is 0 Å². The Morgan fingerprint density at radius 3 is 2.56 bits per heavy atom. The molecular weight excluding hydrogens is 412 g/mol. The second-order valence-electron chi connectivity index (χ2n) is 7.30. The maximum absolute atomic E-state index is 12.7. The van der Waals surface area contributed by atoms with Gasteiger partial charge in [0, 0.05) is 44.4 Å². The number of nitrogens with zero attached hydrogens (tertiary/aromatic N) is 2. The van der Waals surface area contributed by atoms with Crippen LogP contribution in [0.15, 0.2) is 42.5 Å². The zero-order valence-electron chi connectivity index (χ0n) is 18.1. The van der Waals surface area contributed by atoms with E-state index in [2.05, 4.69) is 15.6 Å². The van der Waals surface area contributed by atoms with E-state index in [0.717, 1.165) is 5.56 Å². The quantitative estimate of drug-likeness (QED) is 0.604. The summed E-state index contributed by atoms with van der Waals surface area (Å²) < 4.78 is 10.4. The number of benzene rings is 1. The molecule has 0 bridgehead atoms. The van der Waals surface area contributed by atoms with Gasteiger partial charge in [0.2, 0.25) is 0 Å². The Balaban J connectivity index is 1.54. The van der Waals surface area contributed by atoms with E-state index in [1.54, 1.807) is 11.0 Å². The first kappa shape index (κ1) is 23.2. The standard InChI is InChI=1S/C23H28N4O5/c1-24-22(29)20-16-18(15-19(26-20)14-17-6-3-2-4-7-17)21(28)25-8-5-11-32-23(30)27-9-12-31-13-10-27/h2-4,6-7,15-16H,5,8-14H2,1H3,(H,24,29)(H,25,28). The second-order valence-corrected chi connectivity index (χ2v) is 7.30. The molecule has 0 spiro atoms. The monoisotopic (exact) mass is 440 g/mol. The summed E-state index contributed by atoms with van der Waals surface area (Å²) >= 11 is 0. The van der Waals surface area contributed by atoms with Crippen LogP contribution >= 0.6 is 0 Å². The first-order valence-corrected chi connectivity index (χ1v) is 10.6. The Morgan fingerprint density at radius 1 is 1.09 bits per heavy atom. The fraction of sp³-hybridized carbons (Fsp3) is 0.391. The van der Waals surface area contributed by atoms with E-state index in [-0.39, 0.29) is 30.2 Å². The maximum Gasteiger partial charge on any atom is 0.409 e. The summed E-state index contributed by atoms with van der Waals surface area (Å²) in [4.78, 5) is 42.7. The van der Waals surface area contributed by atoms with Crippen molar-refractivity contribution in [3.8, 4) is 0 Å². The van der Waals surface area contributed by atoms with E-state index in [1.807, 2.05) is 30.3 Å². The maximum atomic E-state index is 12.7. The van der Waals surface area contributed by atoms with E-state index in [4.69, 9.17) is 9.47 Å². The number of hydrogen-bond acceptors (Lipinski definition) is 6. The summed E-state index contributed by atoms with van der Waals surface area (Å²) in [6.07, 6.45) is 0.615. The average molecular weight is 441 g/mol. The van der Waals surface area contributed by atoms with Gasteiger partial charge in [-0.05, 0) is 24.1 Å². The molecule has 3 rings (SSSR count). The van der Waals surface area contributed by atoms with Gasteiger partial charge in [-0.2, -0.15) is 0 Å². The number of pyridine rings is 1. The van der Waals surface area contributed by atoms with Gasteiger partial charge in [0.15, 0.2) is 0 Å². The third-order valence-electron chi connectivity index (χ3n) is 4.93. The summed E-state index contributed by atoms with van der Waals surface area (Å²) in [5, 5.41) is 5.35. The van der Waals surface area contributed by atoms with Crippen LogP contribution < -0.4 is 10.6 Å². The van der Waals surface area contributed by atoms with Crippen molar-refractivity contribution in [3.05, 3.63) is 65.0 Å². The van der Waals surface area contributed by atoms with Gasteiger partial charge in [-0.25, -0.2) is 9.78 Å². The molecule has 0 saturated carbocycles. The lowest BCUT2D eigenvalue weighted by Crippen LogP contribution is -2.41. The van der Waals surface area contributed by atoms with Crippen LogP contribution in [0.4, 0.5) is 4.79 Å². The Morgan fingerprint density at radius 2 is 1.84 bits per heavy atom. The highest BCUT2D eigenvalue weighted by Crippen LogP contribution is 2.12. The molecule has 0 aliphatic carbocycles. The molecule has 2 aromatic rings. The van der Waals surface area contributed by atoms with E-state index in [0.29, 0.717) is 56.9 Å². The van der Waals surface area contributed by atoms with Gasteiger partial charge in [0.25, 0.3) is 11.8 Å². The number of hydrogen-bond donors (Lipinski definition) is 2. The molecule has 0 radical (unpaired) electrons.